The van der Waals surface area contributed by atoms with Crippen LogP contribution in [0.3, 0.4) is 0 Å². The molecule has 2 amide bonds. The van der Waals surface area contributed by atoms with Crippen LogP contribution in [0, 0.1) is 11.2 Å². The van der Waals surface area contributed by atoms with E-state index in [2.05, 4.69) is 9.88 Å². The molecule has 1 atom stereocenters. The van der Waals surface area contributed by atoms with Gasteiger partial charge in [0.05, 0.1) is 18.6 Å². The molecule has 4 aliphatic rings. The van der Waals surface area contributed by atoms with Crippen molar-refractivity contribution < 1.29 is 28.6 Å². The Morgan fingerprint density at radius 3 is 2.42 bits per heavy atom. The highest BCUT2D eigenvalue weighted by Crippen LogP contribution is 2.43. The number of hydrogen-bond acceptors (Lipinski definition) is 6. The zero-order chi connectivity index (χ0) is 31.7. The van der Waals surface area contributed by atoms with Crippen LogP contribution in [-0.4, -0.2) is 74.2 Å². The Labute approximate surface area is 261 Å². The van der Waals surface area contributed by atoms with Crippen molar-refractivity contribution in [2.75, 3.05) is 31.1 Å². The molecule has 2 fully saturated rings. The van der Waals surface area contributed by atoms with Crippen LogP contribution in [0.2, 0.25) is 0 Å². The standard InChI is InChI=1S/C34H38FN5O5/c1-33(2,3)45-32(44)37-13-10-34(11-14-37)18-39(19-34)23-8-6-21(7-9-23)22-15-24-25(26(35)16-22)17-40(30(24)41)29(31(42)43)28-27-5-4-12-38(27)20-36-28/h6-9,15-16,20,29H,4-5,10-14,17-19H2,1-3H3,(H,42,43). The van der Waals surface area contributed by atoms with E-state index in [0.29, 0.717) is 30.8 Å². The number of rotatable bonds is 5. The van der Waals surface area contributed by atoms with Crippen LogP contribution in [0.25, 0.3) is 11.1 Å². The highest BCUT2D eigenvalue weighted by Gasteiger charge is 2.46. The summed E-state index contributed by atoms with van der Waals surface area (Å²) in [4.78, 5) is 48.1. The van der Waals surface area contributed by atoms with Gasteiger partial charge in [-0.3, -0.25) is 4.79 Å². The molecule has 236 valence electrons. The zero-order valence-corrected chi connectivity index (χ0v) is 25.9. The third-order valence-corrected chi connectivity index (χ3v) is 9.71. The molecular formula is C34H38FN5O5. The molecule has 0 radical (unpaired) electrons. The highest BCUT2D eigenvalue weighted by atomic mass is 19.1. The smallest absolute Gasteiger partial charge is 0.410 e. The van der Waals surface area contributed by atoms with Gasteiger partial charge in [-0.15, -0.1) is 0 Å². The Kier molecular flexibility index (Phi) is 6.90. The van der Waals surface area contributed by atoms with E-state index in [1.54, 1.807) is 17.3 Å². The number of aryl methyl sites for hydroxylation is 1. The first-order valence-electron chi connectivity index (χ1n) is 15.6. The summed E-state index contributed by atoms with van der Waals surface area (Å²) in [6.07, 6.45) is 4.85. The number of amides is 2. The lowest BCUT2D eigenvalue weighted by molar-refractivity contribution is -0.142. The Hall–Kier alpha value is -4.41. The SMILES string of the molecule is CC(C)(C)OC(=O)N1CCC2(CC1)CN(c1ccc(-c3cc(F)c4c(c3)C(=O)N(C(C(=O)O)c3ncn5c3CCC5)C4)cc1)C2. The Bertz CT molecular complexity index is 1680. The van der Waals surface area contributed by atoms with Crippen molar-refractivity contribution in [3.63, 3.8) is 0 Å². The number of aliphatic carboxylic acids is 1. The number of carboxylic acids is 1. The second kappa shape index (κ2) is 10.6. The summed E-state index contributed by atoms with van der Waals surface area (Å²) in [7, 11) is 0. The van der Waals surface area contributed by atoms with Gasteiger partial charge in [-0.1, -0.05) is 12.1 Å². The number of hydrogen-bond donors (Lipinski definition) is 1. The van der Waals surface area contributed by atoms with Gasteiger partial charge >= 0.3 is 12.1 Å². The molecule has 1 aromatic heterocycles. The molecule has 11 heteroatoms. The van der Waals surface area contributed by atoms with Gasteiger partial charge in [0.2, 0.25) is 0 Å². The van der Waals surface area contributed by atoms with E-state index in [-0.39, 0.29) is 29.2 Å². The number of piperidine rings is 1. The number of fused-ring (bicyclic) bond motifs is 2. The van der Waals surface area contributed by atoms with Crippen molar-refractivity contribution in [2.45, 2.75) is 71.2 Å². The fraction of sp³-hybridized carbons (Fsp3) is 0.471. The van der Waals surface area contributed by atoms with Crippen LogP contribution in [-0.2, 0) is 29.0 Å². The minimum atomic E-state index is -1.27. The minimum absolute atomic E-state index is 0.116. The molecule has 2 saturated heterocycles. The van der Waals surface area contributed by atoms with E-state index < -0.39 is 29.3 Å². The largest absolute Gasteiger partial charge is 0.479 e. The van der Waals surface area contributed by atoms with Crippen molar-refractivity contribution in [2.24, 2.45) is 5.41 Å². The van der Waals surface area contributed by atoms with Gasteiger partial charge in [-0.2, -0.15) is 0 Å². The first kappa shape index (κ1) is 29.3. The summed E-state index contributed by atoms with van der Waals surface area (Å²) in [6, 6.07) is 9.70. The van der Waals surface area contributed by atoms with Crippen molar-refractivity contribution in [1.29, 1.82) is 0 Å². The predicted octanol–water partition coefficient (Wildman–Crippen LogP) is 5.25. The lowest BCUT2D eigenvalue weighted by atomic mass is 9.72. The van der Waals surface area contributed by atoms with Crippen LogP contribution in [0.4, 0.5) is 14.9 Å². The maximum atomic E-state index is 15.5. The van der Waals surface area contributed by atoms with Crippen molar-refractivity contribution in [3.05, 3.63) is 71.1 Å². The van der Waals surface area contributed by atoms with Gasteiger partial charge in [0.25, 0.3) is 5.91 Å². The number of imidazole rings is 1. The van der Waals surface area contributed by atoms with E-state index in [1.165, 1.54) is 11.0 Å². The maximum Gasteiger partial charge on any atom is 0.410 e. The zero-order valence-electron chi connectivity index (χ0n) is 25.9. The molecular weight excluding hydrogens is 577 g/mol. The summed E-state index contributed by atoms with van der Waals surface area (Å²) < 4.78 is 22.9. The van der Waals surface area contributed by atoms with Crippen LogP contribution >= 0.6 is 0 Å². The number of carboxylic acid groups (broad SMARTS) is 1. The number of aromatic nitrogens is 2. The van der Waals surface area contributed by atoms with E-state index >= 15 is 4.39 Å². The van der Waals surface area contributed by atoms with Crippen LogP contribution < -0.4 is 4.90 Å². The summed E-state index contributed by atoms with van der Waals surface area (Å²) in [5, 5.41) is 10.1. The molecule has 10 nitrogen and oxygen atoms in total. The lowest BCUT2D eigenvalue weighted by Crippen LogP contribution is -2.61. The molecule has 4 aliphatic heterocycles. The predicted molar refractivity (Wildman–Crippen MR) is 164 cm³/mol. The molecule has 0 saturated carbocycles. The lowest BCUT2D eigenvalue weighted by Gasteiger charge is -2.55. The second-order valence-corrected chi connectivity index (χ2v) is 13.9. The van der Waals surface area contributed by atoms with Gasteiger partial charge in [-0.25, -0.2) is 19.0 Å². The summed E-state index contributed by atoms with van der Waals surface area (Å²) in [5.41, 5.74) is 3.69. The van der Waals surface area contributed by atoms with E-state index in [4.69, 9.17) is 4.74 Å². The number of anilines is 1. The fourth-order valence-corrected chi connectivity index (χ4v) is 7.31. The average Bonchev–Trinajstić information content (AvgIpc) is 3.68. The van der Waals surface area contributed by atoms with Crippen molar-refractivity contribution in [1.82, 2.24) is 19.4 Å². The maximum absolute atomic E-state index is 15.5. The molecule has 1 N–H and O–H groups in total. The quantitative estimate of drug-likeness (QED) is 0.418. The molecule has 0 aliphatic carbocycles. The normalized spacial score (nSPS) is 19.4. The highest BCUT2D eigenvalue weighted by molar-refractivity contribution is 6.01. The van der Waals surface area contributed by atoms with Gasteiger partial charge in [0.15, 0.2) is 6.04 Å². The number of benzene rings is 2. The van der Waals surface area contributed by atoms with Crippen LogP contribution in [0.1, 0.15) is 73.4 Å². The monoisotopic (exact) mass is 615 g/mol. The molecule has 1 unspecified atom stereocenters. The number of likely N-dealkylation sites (tertiary alicyclic amines) is 1. The first-order chi connectivity index (χ1) is 21.4. The molecule has 45 heavy (non-hydrogen) atoms. The molecule has 3 aromatic rings. The molecule has 2 aromatic carbocycles. The molecule has 5 heterocycles. The van der Waals surface area contributed by atoms with Crippen molar-refractivity contribution >= 4 is 23.7 Å². The molecule has 0 bridgehead atoms. The van der Waals surface area contributed by atoms with Gasteiger partial charge in [0.1, 0.15) is 11.4 Å². The number of nitrogens with zero attached hydrogens (tertiary/aromatic N) is 5. The topological polar surface area (TPSA) is 108 Å². The van der Waals surface area contributed by atoms with Gasteiger partial charge in [0, 0.05) is 60.6 Å². The Morgan fingerprint density at radius 1 is 1.04 bits per heavy atom. The minimum Gasteiger partial charge on any atom is -0.479 e. The van der Waals surface area contributed by atoms with E-state index in [1.807, 2.05) is 49.6 Å². The van der Waals surface area contributed by atoms with Gasteiger partial charge < -0.3 is 29.1 Å². The van der Waals surface area contributed by atoms with Gasteiger partial charge in [-0.05, 0) is 81.8 Å². The first-order valence-corrected chi connectivity index (χ1v) is 15.6. The summed E-state index contributed by atoms with van der Waals surface area (Å²) >= 11 is 0. The number of halogens is 1. The molecule has 1 spiro atoms. The van der Waals surface area contributed by atoms with E-state index in [0.717, 1.165) is 55.8 Å². The third-order valence-electron chi connectivity index (χ3n) is 9.71. The van der Waals surface area contributed by atoms with E-state index in [9.17, 15) is 19.5 Å². The fourth-order valence-electron chi connectivity index (χ4n) is 7.31. The van der Waals surface area contributed by atoms with Crippen molar-refractivity contribution in [3.8, 4) is 11.1 Å². The number of ether oxygens (including phenoxy) is 1. The van der Waals surface area contributed by atoms with Crippen LogP contribution in [0.5, 0.6) is 0 Å². The molecule has 7 rings (SSSR count). The number of carbonyl (C=O) groups is 3. The third kappa shape index (κ3) is 5.21. The number of carbonyl (C=O) groups excluding carboxylic acids is 2. The average molecular weight is 616 g/mol. The summed E-state index contributed by atoms with van der Waals surface area (Å²) in [6.45, 7) is 9.51. The Balaban J connectivity index is 1.02. The Morgan fingerprint density at radius 2 is 1.76 bits per heavy atom. The summed E-state index contributed by atoms with van der Waals surface area (Å²) in [5.74, 6) is -2.20. The second-order valence-electron chi connectivity index (χ2n) is 13.9. The van der Waals surface area contributed by atoms with Crippen LogP contribution in [0.15, 0.2) is 42.7 Å².